The molecule has 1 N–H and O–H groups in total. The highest BCUT2D eigenvalue weighted by Gasteiger charge is 2.16. The summed E-state index contributed by atoms with van der Waals surface area (Å²) in [4.78, 5) is 27.2. The Morgan fingerprint density at radius 3 is 1.92 bits per heavy atom. The van der Waals surface area contributed by atoms with Crippen LogP contribution < -0.4 is 14.3 Å². The van der Waals surface area contributed by atoms with Crippen molar-refractivity contribution in [2.45, 2.75) is 4.90 Å². The van der Waals surface area contributed by atoms with Crippen molar-refractivity contribution >= 4 is 39.8 Å². The van der Waals surface area contributed by atoms with Crippen molar-refractivity contribution in [1.82, 2.24) is 4.83 Å². The van der Waals surface area contributed by atoms with Crippen LogP contribution in [0.3, 0.4) is 0 Å². The fourth-order valence-electron chi connectivity index (χ4n) is 3.08. The maximum absolute atomic E-state index is 12.7. The molecule has 0 fully saturated rings. The molecule has 0 aliphatic heterocycles. The van der Waals surface area contributed by atoms with E-state index in [9.17, 15) is 18.0 Å². The number of halogens is 1. The summed E-state index contributed by atoms with van der Waals surface area (Å²) in [5.74, 6) is -1.15. The van der Waals surface area contributed by atoms with Gasteiger partial charge in [0.25, 0.3) is 10.0 Å². The molecule has 0 heterocycles. The number of esters is 2. The average molecular weight is 535 g/mol. The number of rotatable bonds is 8. The van der Waals surface area contributed by atoms with Crippen molar-refractivity contribution in [2.24, 2.45) is 5.10 Å². The van der Waals surface area contributed by atoms with E-state index in [1.54, 1.807) is 60.7 Å². The van der Waals surface area contributed by atoms with E-state index in [-0.39, 0.29) is 22.0 Å². The van der Waals surface area contributed by atoms with Crippen LogP contribution in [0, 0.1) is 0 Å². The molecule has 37 heavy (non-hydrogen) atoms. The zero-order chi connectivity index (χ0) is 26.3. The van der Waals surface area contributed by atoms with Gasteiger partial charge in [0, 0.05) is 16.7 Å². The lowest BCUT2D eigenvalue weighted by Gasteiger charge is -2.11. The maximum atomic E-state index is 12.7. The molecule has 0 atom stereocenters. The van der Waals surface area contributed by atoms with Gasteiger partial charge >= 0.3 is 11.9 Å². The largest absolute Gasteiger partial charge is 0.423 e. The fraction of sp³-hybridized carbons (Fsp3) is 0. The van der Waals surface area contributed by atoms with E-state index in [4.69, 9.17) is 21.1 Å². The van der Waals surface area contributed by atoms with Gasteiger partial charge in [0.1, 0.15) is 11.5 Å². The first-order chi connectivity index (χ1) is 17.8. The van der Waals surface area contributed by atoms with Crippen LogP contribution in [0.2, 0.25) is 5.02 Å². The topological polar surface area (TPSA) is 111 Å². The molecule has 0 amide bonds. The number of nitrogens with zero attached hydrogens (tertiary/aromatic N) is 1. The summed E-state index contributed by atoms with van der Waals surface area (Å²) < 4.78 is 35.9. The van der Waals surface area contributed by atoms with Crippen LogP contribution in [-0.2, 0) is 10.0 Å². The van der Waals surface area contributed by atoms with E-state index >= 15 is 0 Å². The van der Waals surface area contributed by atoms with E-state index in [0.717, 1.165) is 0 Å². The van der Waals surface area contributed by atoms with Gasteiger partial charge in [-0.05, 0) is 60.7 Å². The first-order valence-electron chi connectivity index (χ1n) is 10.8. The van der Waals surface area contributed by atoms with Crippen molar-refractivity contribution in [3.63, 3.8) is 0 Å². The molecule has 0 saturated carbocycles. The molecule has 8 nitrogen and oxygen atoms in total. The number of carbonyl (C=O) groups excluding carboxylic acids is 2. The molecule has 186 valence electrons. The molecule has 0 bridgehead atoms. The third kappa shape index (κ3) is 6.81. The third-order valence-corrected chi connectivity index (χ3v) is 6.41. The minimum atomic E-state index is -3.96. The molecule has 0 saturated heterocycles. The number of hydrazone groups is 1. The van der Waals surface area contributed by atoms with Crippen molar-refractivity contribution in [2.75, 3.05) is 0 Å². The molecule has 0 radical (unpaired) electrons. The van der Waals surface area contributed by atoms with Gasteiger partial charge in [-0.15, -0.1) is 0 Å². The van der Waals surface area contributed by atoms with E-state index < -0.39 is 22.0 Å². The van der Waals surface area contributed by atoms with Crippen LogP contribution in [0.25, 0.3) is 0 Å². The zero-order valence-corrected chi connectivity index (χ0v) is 20.6. The molecular formula is C27H19ClN2O6S. The van der Waals surface area contributed by atoms with Crippen LogP contribution in [0.1, 0.15) is 26.3 Å². The van der Waals surface area contributed by atoms with Crippen LogP contribution in [0.4, 0.5) is 0 Å². The second-order valence-electron chi connectivity index (χ2n) is 7.52. The summed E-state index contributed by atoms with van der Waals surface area (Å²) in [6, 6.07) is 26.5. The quantitative estimate of drug-likeness (QED) is 0.146. The van der Waals surface area contributed by atoms with Crippen molar-refractivity contribution < 1.29 is 27.5 Å². The van der Waals surface area contributed by atoms with Gasteiger partial charge in [0.2, 0.25) is 0 Å². The van der Waals surface area contributed by atoms with Crippen LogP contribution in [0.15, 0.2) is 113 Å². The smallest absolute Gasteiger partial charge is 0.343 e. The summed E-state index contributed by atoms with van der Waals surface area (Å²) in [5, 5.41) is 4.19. The Hall–Kier alpha value is -4.47. The normalized spacial score (nSPS) is 11.2. The van der Waals surface area contributed by atoms with Crippen LogP contribution in [-0.4, -0.2) is 26.6 Å². The standard InChI is InChI=1S/C27H19ClN2O6S/c28-22-12-15-24(16-13-22)37(33,34)30-29-18-21-11-14-23(35-26(31)19-7-3-1-4-8-19)17-25(21)36-27(32)20-9-5-2-6-10-20/h1-18,30H. The van der Waals surface area contributed by atoms with Gasteiger partial charge in [-0.1, -0.05) is 48.0 Å². The zero-order valence-electron chi connectivity index (χ0n) is 19.1. The molecule has 10 heteroatoms. The summed E-state index contributed by atoms with van der Waals surface area (Å²) in [7, 11) is -3.96. The Morgan fingerprint density at radius 1 is 0.757 bits per heavy atom. The fourth-order valence-corrected chi connectivity index (χ4v) is 4.00. The Labute approximate surface area is 218 Å². The number of sulfonamides is 1. The highest BCUT2D eigenvalue weighted by Crippen LogP contribution is 2.26. The van der Waals surface area contributed by atoms with Crippen molar-refractivity contribution in [3.05, 3.63) is 125 Å². The molecule has 0 aromatic heterocycles. The molecule has 4 aromatic carbocycles. The van der Waals surface area contributed by atoms with Crippen LogP contribution >= 0.6 is 11.6 Å². The molecule has 4 aromatic rings. The summed E-state index contributed by atoms with van der Waals surface area (Å²) in [6.45, 7) is 0. The van der Waals surface area contributed by atoms with E-state index in [0.29, 0.717) is 16.1 Å². The van der Waals surface area contributed by atoms with Gasteiger partial charge in [-0.3, -0.25) is 0 Å². The molecule has 4 rings (SSSR count). The molecular weight excluding hydrogens is 516 g/mol. The minimum absolute atomic E-state index is 0.00153. The highest BCUT2D eigenvalue weighted by molar-refractivity contribution is 7.89. The van der Waals surface area contributed by atoms with E-state index in [2.05, 4.69) is 9.93 Å². The SMILES string of the molecule is O=C(Oc1ccc(C=NNS(=O)(=O)c2ccc(Cl)cc2)c(OC(=O)c2ccccc2)c1)c1ccccc1. The third-order valence-electron chi connectivity index (χ3n) is 4.92. The number of hydrogen-bond acceptors (Lipinski definition) is 7. The predicted molar refractivity (Wildman–Crippen MR) is 139 cm³/mol. The van der Waals surface area contributed by atoms with Crippen molar-refractivity contribution in [3.8, 4) is 11.5 Å². The number of hydrogen-bond donors (Lipinski definition) is 1. The van der Waals surface area contributed by atoms with Crippen molar-refractivity contribution in [1.29, 1.82) is 0 Å². The van der Waals surface area contributed by atoms with Crippen LogP contribution in [0.5, 0.6) is 11.5 Å². The van der Waals surface area contributed by atoms with E-state index in [1.165, 1.54) is 48.7 Å². The van der Waals surface area contributed by atoms with Gasteiger partial charge in [0.15, 0.2) is 0 Å². The first-order valence-corrected chi connectivity index (χ1v) is 12.7. The Kier molecular flexibility index (Phi) is 7.97. The van der Waals surface area contributed by atoms with Gasteiger partial charge in [-0.25, -0.2) is 14.4 Å². The second-order valence-corrected chi connectivity index (χ2v) is 9.61. The monoisotopic (exact) mass is 534 g/mol. The maximum Gasteiger partial charge on any atom is 0.343 e. The van der Waals surface area contributed by atoms with Gasteiger partial charge < -0.3 is 9.47 Å². The number of nitrogens with one attached hydrogen (secondary N) is 1. The lowest BCUT2D eigenvalue weighted by molar-refractivity contribution is 0.0732. The Balaban J connectivity index is 1.58. The number of ether oxygens (including phenoxy) is 2. The highest BCUT2D eigenvalue weighted by atomic mass is 35.5. The van der Waals surface area contributed by atoms with E-state index in [1.807, 2.05) is 0 Å². The molecule has 0 aliphatic rings. The first kappa shape index (κ1) is 25.6. The average Bonchev–Trinajstić information content (AvgIpc) is 2.91. The minimum Gasteiger partial charge on any atom is -0.423 e. The van der Waals surface area contributed by atoms with Gasteiger partial charge in [0.05, 0.1) is 22.2 Å². The molecule has 0 spiro atoms. The molecule has 0 aliphatic carbocycles. The number of carbonyl (C=O) groups is 2. The van der Waals surface area contributed by atoms with Gasteiger partial charge in [-0.2, -0.15) is 13.5 Å². The predicted octanol–water partition coefficient (Wildman–Crippen LogP) is 5.09. The summed E-state index contributed by atoms with van der Waals surface area (Å²) in [6.07, 6.45) is 1.17. The Morgan fingerprint density at radius 2 is 1.32 bits per heavy atom. The Bertz CT molecular complexity index is 1540. The lowest BCUT2D eigenvalue weighted by atomic mass is 10.2. The molecule has 0 unspecified atom stereocenters. The lowest BCUT2D eigenvalue weighted by Crippen LogP contribution is -2.18. The second kappa shape index (κ2) is 11.5. The summed E-state index contributed by atoms with van der Waals surface area (Å²) in [5.41, 5.74) is 0.885. The summed E-state index contributed by atoms with van der Waals surface area (Å²) >= 11 is 5.81. The number of benzene rings is 4.